The Morgan fingerprint density at radius 3 is 3.00 bits per heavy atom. The van der Waals surface area contributed by atoms with E-state index in [9.17, 15) is 4.79 Å². The largest absolute Gasteiger partial charge is 0.396 e. The van der Waals surface area contributed by atoms with E-state index >= 15 is 0 Å². The third-order valence-corrected chi connectivity index (χ3v) is 4.64. The molecule has 0 spiro atoms. The van der Waals surface area contributed by atoms with Crippen LogP contribution in [-0.2, 0) is 6.54 Å². The van der Waals surface area contributed by atoms with Gasteiger partial charge in [-0.05, 0) is 32.1 Å². The van der Waals surface area contributed by atoms with Crippen LogP contribution in [0.1, 0.15) is 49.5 Å². The van der Waals surface area contributed by atoms with Gasteiger partial charge in [0.05, 0.1) is 11.9 Å². The van der Waals surface area contributed by atoms with Gasteiger partial charge in [0.15, 0.2) is 0 Å². The molecule has 2 atom stereocenters. The molecular formula is C14H22N4O. The molecule has 19 heavy (non-hydrogen) atoms. The summed E-state index contributed by atoms with van der Waals surface area (Å²) in [7, 11) is 0. The highest BCUT2D eigenvalue weighted by Gasteiger charge is 2.39. The number of anilines is 1. The molecule has 0 radical (unpaired) electrons. The van der Waals surface area contributed by atoms with E-state index in [-0.39, 0.29) is 5.91 Å². The number of hydrogen-bond donors (Lipinski definition) is 1. The zero-order valence-electron chi connectivity index (χ0n) is 11.5. The summed E-state index contributed by atoms with van der Waals surface area (Å²) in [6.45, 7) is 3.54. The van der Waals surface area contributed by atoms with Crippen LogP contribution in [0.25, 0.3) is 0 Å². The van der Waals surface area contributed by atoms with Crippen molar-refractivity contribution in [2.24, 2.45) is 5.92 Å². The lowest BCUT2D eigenvalue weighted by atomic mass is 9.85. The molecule has 1 aromatic heterocycles. The number of fused-ring (bicyclic) bond motifs is 1. The maximum Gasteiger partial charge on any atom is 0.274 e. The van der Waals surface area contributed by atoms with Crippen molar-refractivity contribution in [3.8, 4) is 0 Å². The first-order valence-corrected chi connectivity index (χ1v) is 7.34. The van der Waals surface area contributed by atoms with E-state index in [1.807, 2.05) is 11.8 Å². The second-order valence-electron chi connectivity index (χ2n) is 5.66. The van der Waals surface area contributed by atoms with Gasteiger partial charge in [0.2, 0.25) is 0 Å². The zero-order chi connectivity index (χ0) is 13.4. The normalized spacial score (nSPS) is 26.5. The molecule has 0 aromatic carbocycles. The molecule has 5 heteroatoms. The van der Waals surface area contributed by atoms with Gasteiger partial charge in [-0.3, -0.25) is 9.48 Å². The number of aryl methyl sites for hydroxylation is 1. The summed E-state index contributed by atoms with van der Waals surface area (Å²) in [6, 6.07) is 0.431. The Bertz CT molecular complexity index is 482. The van der Waals surface area contributed by atoms with Crippen molar-refractivity contribution in [3.05, 3.63) is 11.9 Å². The van der Waals surface area contributed by atoms with Crippen LogP contribution in [0.4, 0.5) is 5.69 Å². The minimum Gasteiger partial charge on any atom is -0.396 e. The summed E-state index contributed by atoms with van der Waals surface area (Å²) in [5, 5.41) is 4.17. The Morgan fingerprint density at radius 1 is 1.42 bits per heavy atom. The predicted molar refractivity (Wildman–Crippen MR) is 73.7 cm³/mol. The summed E-state index contributed by atoms with van der Waals surface area (Å²) >= 11 is 0. The van der Waals surface area contributed by atoms with E-state index in [0.29, 0.717) is 29.9 Å². The lowest BCUT2D eigenvalue weighted by molar-refractivity contribution is 0.0678. The number of carbonyl (C=O) groups is 1. The summed E-state index contributed by atoms with van der Waals surface area (Å²) < 4.78 is 1.72. The number of nitrogen functional groups attached to an aromatic ring is 1. The maximum absolute atomic E-state index is 12.7. The fraction of sp³-hybridized carbons (Fsp3) is 0.714. The van der Waals surface area contributed by atoms with Crippen molar-refractivity contribution in [1.29, 1.82) is 0 Å². The van der Waals surface area contributed by atoms with Crippen LogP contribution in [0.5, 0.6) is 0 Å². The van der Waals surface area contributed by atoms with E-state index in [0.717, 1.165) is 19.4 Å². The van der Waals surface area contributed by atoms with Crippen molar-refractivity contribution >= 4 is 11.6 Å². The van der Waals surface area contributed by atoms with E-state index in [2.05, 4.69) is 5.10 Å². The minimum absolute atomic E-state index is 0.0752. The fourth-order valence-electron chi connectivity index (χ4n) is 3.67. The van der Waals surface area contributed by atoms with Gasteiger partial charge in [0, 0.05) is 19.1 Å². The SMILES string of the molecule is CCn1ncc(N)c1C(=O)N1CCC2CCCCC21. The van der Waals surface area contributed by atoms with Crippen molar-refractivity contribution in [1.82, 2.24) is 14.7 Å². The van der Waals surface area contributed by atoms with Crippen LogP contribution in [0.2, 0.25) is 0 Å². The zero-order valence-corrected chi connectivity index (χ0v) is 11.5. The minimum atomic E-state index is 0.0752. The molecule has 0 bridgehead atoms. The molecule has 2 fully saturated rings. The molecule has 2 N–H and O–H groups in total. The highest BCUT2D eigenvalue weighted by Crippen LogP contribution is 2.37. The average molecular weight is 262 g/mol. The third kappa shape index (κ3) is 2.01. The number of likely N-dealkylation sites (tertiary alicyclic amines) is 1. The van der Waals surface area contributed by atoms with E-state index in [4.69, 9.17) is 5.73 Å². The van der Waals surface area contributed by atoms with Gasteiger partial charge in [0.1, 0.15) is 5.69 Å². The van der Waals surface area contributed by atoms with Gasteiger partial charge in [0.25, 0.3) is 5.91 Å². The van der Waals surface area contributed by atoms with Crippen LogP contribution in [-0.4, -0.2) is 33.2 Å². The van der Waals surface area contributed by atoms with Gasteiger partial charge >= 0.3 is 0 Å². The number of aromatic nitrogens is 2. The van der Waals surface area contributed by atoms with Gasteiger partial charge in [-0.2, -0.15) is 5.10 Å². The molecule has 1 amide bonds. The number of nitrogens with zero attached hydrogens (tertiary/aromatic N) is 3. The predicted octanol–water partition coefficient (Wildman–Crippen LogP) is 1.89. The molecule has 104 valence electrons. The average Bonchev–Trinajstić information content (AvgIpc) is 3.01. The third-order valence-electron chi connectivity index (χ3n) is 4.64. The first-order valence-electron chi connectivity index (χ1n) is 7.34. The molecule has 1 saturated heterocycles. The standard InChI is InChI=1S/C14H22N4O/c1-2-18-13(11(15)9-16-18)14(19)17-8-7-10-5-3-4-6-12(10)17/h9-10,12H,2-8,15H2,1H3. The lowest BCUT2D eigenvalue weighted by Gasteiger charge is -2.31. The Kier molecular flexibility index (Phi) is 3.21. The fourth-order valence-corrected chi connectivity index (χ4v) is 3.67. The van der Waals surface area contributed by atoms with Crippen LogP contribution in [0.3, 0.4) is 0 Å². The van der Waals surface area contributed by atoms with Crippen LogP contribution in [0, 0.1) is 5.92 Å². The molecule has 2 unspecified atom stereocenters. The Labute approximate surface area is 113 Å². The first-order chi connectivity index (χ1) is 9.22. The Hall–Kier alpha value is -1.52. The topological polar surface area (TPSA) is 64.2 Å². The first kappa shape index (κ1) is 12.5. The van der Waals surface area contributed by atoms with Crippen molar-refractivity contribution in [2.45, 2.75) is 51.6 Å². The monoisotopic (exact) mass is 262 g/mol. The molecule has 1 aliphatic heterocycles. The highest BCUT2D eigenvalue weighted by molar-refractivity contribution is 5.97. The quantitative estimate of drug-likeness (QED) is 0.885. The summed E-state index contributed by atoms with van der Waals surface area (Å²) in [6.07, 6.45) is 7.72. The van der Waals surface area contributed by atoms with E-state index in [1.165, 1.54) is 19.3 Å². The molecule has 3 rings (SSSR count). The van der Waals surface area contributed by atoms with Crippen LogP contribution >= 0.6 is 0 Å². The summed E-state index contributed by atoms with van der Waals surface area (Å²) in [5.74, 6) is 0.781. The van der Waals surface area contributed by atoms with Crippen molar-refractivity contribution < 1.29 is 4.79 Å². The maximum atomic E-state index is 12.7. The molecule has 2 heterocycles. The lowest BCUT2D eigenvalue weighted by Crippen LogP contribution is -2.40. The second kappa shape index (κ2) is 4.87. The van der Waals surface area contributed by atoms with E-state index in [1.54, 1.807) is 10.9 Å². The van der Waals surface area contributed by atoms with Gasteiger partial charge in [-0.25, -0.2) is 0 Å². The molecule has 1 aliphatic carbocycles. The number of nitrogens with two attached hydrogens (primary N) is 1. The van der Waals surface area contributed by atoms with Crippen molar-refractivity contribution in [2.75, 3.05) is 12.3 Å². The van der Waals surface area contributed by atoms with Gasteiger partial charge in [-0.15, -0.1) is 0 Å². The molecule has 1 aromatic rings. The van der Waals surface area contributed by atoms with Crippen LogP contribution < -0.4 is 5.73 Å². The second-order valence-corrected chi connectivity index (χ2v) is 5.66. The molecule has 1 saturated carbocycles. The Balaban J connectivity index is 1.85. The summed E-state index contributed by atoms with van der Waals surface area (Å²) in [4.78, 5) is 14.8. The number of hydrogen-bond acceptors (Lipinski definition) is 3. The molecule has 2 aliphatic rings. The Morgan fingerprint density at radius 2 is 2.21 bits per heavy atom. The smallest absolute Gasteiger partial charge is 0.274 e. The highest BCUT2D eigenvalue weighted by atomic mass is 16.2. The molecule has 5 nitrogen and oxygen atoms in total. The van der Waals surface area contributed by atoms with Gasteiger partial charge < -0.3 is 10.6 Å². The van der Waals surface area contributed by atoms with Crippen LogP contribution in [0.15, 0.2) is 6.20 Å². The number of rotatable bonds is 2. The van der Waals surface area contributed by atoms with Gasteiger partial charge in [-0.1, -0.05) is 12.8 Å². The number of carbonyl (C=O) groups excluding carboxylic acids is 1. The molecular weight excluding hydrogens is 240 g/mol. The van der Waals surface area contributed by atoms with Crippen molar-refractivity contribution in [3.63, 3.8) is 0 Å². The number of amides is 1. The van der Waals surface area contributed by atoms with E-state index < -0.39 is 0 Å². The summed E-state index contributed by atoms with van der Waals surface area (Å²) in [5.41, 5.74) is 7.01.